The van der Waals surface area contributed by atoms with E-state index in [0.717, 1.165) is 12.8 Å². The molecule has 0 atom stereocenters. The summed E-state index contributed by atoms with van der Waals surface area (Å²) in [6, 6.07) is 53.6. The number of rotatable bonds is 10. The summed E-state index contributed by atoms with van der Waals surface area (Å²) in [7, 11) is 0. The van der Waals surface area contributed by atoms with Gasteiger partial charge < -0.3 is 0 Å². The van der Waals surface area contributed by atoms with Crippen molar-refractivity contribution in [3.63, 3.8) is 0 Å². The highest BCUT2D eigenvalue weighted by molar-refractivity contribution is 6.09. The second-order valence-electron chi connectivity index (χ2n) is 13.1. The van der Waals surface area contributed by atoms with Gasteiger partial charge in [0, 0.05) is 0 Å². The summed E-state index contributed by atoms with van der Waals surface area (Å²) in [4.78, 5) is 0. The third-order valence-corrected chi connectivity index (χ3v) is 10.4. The number of hydrogen-bond donors (Lipinski definition) is 0. The predicted octanol–water partition coefficient (Wildman–Crippen LogP) is 13.9. The molecule has 0 aromatic heterocycles. The fraction of sp³-hybridized carbons (Fsp3) is 0.102. The molecular formula is C49H40. The van der Waals surface area contributed by atoms with Crippen molar-refractivity contribution in [3.8, 4) is 22.3 Å². The second kappa shape index (κ2) is 13.4. The zero-order valence-corrected chi connectivity index (χ0v) is 28.0. The lowest BCUT2D eigenvalue weighted by Gasteiger charge is -2.15. The van der Waals surface area contributed by atoms with Gasteiger partial charge in [-0.15, -0.1) is 0 Å². The van der Waals surface area contributed by atoms with E-state index < -0.39 is 0 Å². The Labute approximate surface area is 289 Å². The SMILES string of the molecule is C=Cc1ccc(-c2ccc(CCCCCc3ccc(-c4ccc(C=C)c5ccccc45)c4ccccc34)c3ccccc23)c2ccccc12. The van der Waals surface area contributed by atoms with Crippen LogP contribution < -0.4 is 0 Å². The minimum Gasteiger partial charge on any atom is -0.0984 e. The largest absolute Gasteiger partial charge is 0.0984 e. The van der Waals surface area contributed by atoms with E-state index in [1.807, 2.05) is 12.2 Å². The lowest BCUT2D eigenvalue weighted by molar-refractivity contribution is 0.681. The first kappa shape index (κ1) is 30.6. The van der Waals surface area contributed by atoms with Crippen LogP contribution in [0.2, 0.25) is 0 Å². The molecule has 0 aliphatic rings. The van der Waals surface area contributed by atoms with E-state index in [9.17, 15) is 0 Å². The van der Waals surface area contributed by atoms with E-state index in [0.29, 0.717) is 0 Å². The summed E-state index contributed by atoms with van der Waals surface area (Å²) < 4.78 is 0. The third kappa shape index (κ3) is 5.64. The topological polar surface area (TPSA) is 0 Å². The molecule has 49 heavy (non-hydrogen) atoms. The van der Waals surface area contributed by atoms with Gasteiger partial charge in [-0.1, -0.05) is 177 Å². The van der Waals surface area contributed by atoms with E-state index in [1.54, 1.807) is 0 Å². The molecule has 0 N–H and O–H groups in total. The number of fused-ring (bicyclic) bond motifs is 4. The van der Waals surface area contributed by atoms with Crippen LogP contribution in [0.15, 0.2) is 159 Å². The first-order valence-corrected chi connectivity index (χ1v) is 17.6. The maximum absolute atomic E-state index is 4.04. The van der Waals surface area contributed by atoms with E-state index in [2.05, 4.69) is 159 Å². The van der Waals surface area contributed by atoms with Gasteiger partial charge in [0.25, 0.3) is 0 Å². The monoisotopic (exact) mass is 628 g/mol. The van der Waals surface area contributed by atoms with Crippen LogP contribution in [-0.4, -0.2) is 0 Å². The number of unbranched alkanes of at least 4 members (excludes halogenated alkanes) is 2. The van der Waals surface area contributed by atoms with Crippen molar-refractivity contribution in [2.45, 2.75) is 32.1 Å². The molecule has 0 heteroatoms. The Kier molecular flexibility index (Phi) is 8.38. The second-order valence-corrected chi connectivity index (χ2v) is 13.1. The van der Waals surface area contributed by atoms with Crippen LogP contribution in [0.1, 0.15) is 41.5 Å². The highest BCUT2D eigenvalue weighted by Crippen LogP contribution is 2.39. The average molecular weight is 629 g/mol. The van der Waals surface area contributed by atoms with Gasteiger partial charge in [-0.25, -0.2) is 0 Å². The van der Waals surface area contributed by atoms with Gasteiger partial charge in [-0.05, 0) is 113 Å². The fourth-order valence-electron chi connectivity index (χ4n) is 7.91. The van der Waals surface area contributed by atoms with Crippen LogP contribution >= 0.6 is 0 Å². The maximum Gasteiger partial charge on any atom is -0.00987 e. The Balaban J connectivity index is 1.01. The van der Waals surface area contributed by atoms with Crippen LogP contribution in [0.4, 0.5) is 0 Å². The van der Waals surface area contributed by atoms with Crippen molar-refractivity contribution in [2.24, 2.45) is 0 Å². The smallest absolute Gasteiger partial charge is 0.00987 e. The molecule has 0 unspecified atom stereocenters. The zero-order valence-electron chi connectivity index (χ0n) is 28.0. The molecule has 0 fully saturated rings. The lowest BCUT2D eigenvalue weighted by atomic mass is 9.89. The molecule has 8 aromatic rings. The van der Waals surface area contributed by atoms with Crippen molar-refractivity contribution >= 4 is 55.2 Å². The lowest BCUT2D eigenvalue weighted by Crippen LogP contribution is -1.94. The average Bonchev–Trinajstić information content (AvgIpc) is 3.17. The van der Waals surface area contributed by atoms with Gasteiger partial charge in [-0.3, -0.25) is 0 Å². The highest BCUT2D eigenvalue weighted by Gasteiger charge is 2.14. The molecule has 0 radical (unpaired) electrons. The van der Waals surface area contributed by atoms with Crippen molar-refractivity contribution in [3.05, 3.63) is 181 Å². The van der Waals surface area contributed by atoms with Crippen molar-refractivity contribution in [2.75, 3.05) is 0 Å². The van der Waals surface area contributed by atoms with Crippen molar-refractivity contribution in [1.82, 2.24) is 0 Å². The molecule has 0 aliphatic carbocycles. The predicted molar refractivity (Wildman–Crippen MR) is 215 cm³/mol. The summed E-state index contributed by atoms with van der Waals surface area (Å²) >= 11 is 0. The Bertz CT molecular complexity index is 2330. The molecule has 0 nitrogen and oxygen atoms in total. The van der Waals surface area contributed by atoms with E-state index in [-0.39, 0.29) is 0 Å². The summed E-state index contributed by atoms with van der Waals surface area (Å²) in [5, 5.41) is 10.4. The quantitative estimate of drug-likeness (QED) is 0.132. The molecule has 8 aromatic carbocycles. The first-order chi connectivity index (χ1) is 24.2. The van der Waals surface area contributed by atoms with Crippen LogP contribution in [-0.2, 0) is 12.8 Å². The molecule has 8 rings (SSSR count). The minimum absolute atomic E-state index is 1.09. The normalized spacial score (nSPS) is 11.4. The summed E-state index contributed by atoms with van der Waals surface area (Å²) in [5.74, 6) is 0. The standard InChI is InChI=1S/C49H40/c1-3-34-26-30-46(42-22-12-8-18-38(34)42)48-32-28-36(40-20-10-14-24-44(40)48)16-6-5-7-17-37-29-33-49(45-25-15-11-21-41(37)45)47-31-27-35(4-2)39-19-9-13-23-43(39)47/h3-4,8-15,18-33H,1-2,5-7,16-17H2. The Morgan fingerprint density at radius 2 is 0.612 bits per heavy atom. The fourth-order valence-corrected chi connectivity index (χ4v) is 7.91. The van der Waals surface area contributed by atoms with Crippen molar-refractivity contribution in [1.29, 1.82) is 0 Å². The van der Waals surface area contributed by atoms with Crippen LogP contribution in [0.25, 0.3) is 77.5 Å². The molecule has 0 saturated heterocycles. The Morgan fingerprint density at radius 1 is 0.306 bits per heavy atom. The van der Waals surface area contributed by atoms with Crippen LogP contribution in [0, 0.1) is 0 Å². The maximum atomic E-state index is 4.04. The van der Waals surface area contributed by atoms with Gasteiger partial charge in [0.15, 0.2) is 0 Å². The van der Waals surface area contributed by atoms with Crippen molar-refractivity contribution < 1.29 is 0 Å². The van der Waals surface area contributed by atoms with Crippen LogP contribution in [0.5, 0.6) is 0 Å². The summed E-state index contributed by atoms with van der Waals surface area (Å²) in [6.45, 7) is 8.09. The number of hydrogen-bond acceptors (Lipinski definition) is 0. The van der Waals surface area contributed by atoms with Crippen LogP contribution in [0.3, 0.4) is 0 Å². The van der Waals surface area contributed by atoms with Gasteiger partial charge in [0.1, 0.15) is 0 Å². The molecule has 236 valence electrons. The molecule has 0 aliphatic heterocycles. The molecule has 0 spiro atoms. The molecule has 0 saturated carbocycles. The van der Waals surface area contributed by atoms with E-state index in [1.165, 1.54) is 107 Å². The van der Waals surface area contributed by atoms with Gasteiger partial charge in [0.05, 0.1) is 0 Å². The number of benzene rings is 8. The van der Waals surface area contributed by atoms with E-state index >= 15 is 0 Å². The molecule has 0 amide bonds. The summed E-state index contributed by atoms with van der Waals surface area (Å²) in [6.07, 6.45) is 9.64. The molecule has 0 bridgehead atoms. The number of aryl methyl sites for hydroxylation is 2. The molecular weight excluding hydrogens is 589 g/mol. The van der Waals surface area contributed by atoms with E-state index in [4.69, 9.17) is 0 Å². The van der Waals surface area contributed by atoms with Gasteiger partial charge in [-0.2, -0.15) is 0 Å². The third-order valence-electron chi connectivity index (χ3n) is 10.4. The minimum atomic E-state index is 1.09. The van der Waals surface area contributed by atoms with Gasteiger partial charge >= 0.3 is 0 Å². The summed E-state index contributed by atoms with van der Waals surface area (Å²) in [5.41, 5.74) is 10.4. The first-order valence-electron chi connectivity index (χ1n) is 17.6. The Hall–Kier alpha value is -5.72. The van der Waals surface area contributed by atoms with Gasteiger partial charge in [0.2, 0.25) is 0 Å². The highest BCUT2D eigenvalue weighted by atomic mass is 14.2. The zero-order chi connectivity index (χ0) is 33.2. The molecule has 0 heterocycles. The Morgan fingerprint density at radius 3 is 0.980 bits per heavy atom.